The highest BCUT2D eigenvalue weighted by Crippen LogP contribution is 2.60. The Balaban J connectivity index is 1.21. The Morgan fingerprint density at radius 2 is 1.84 bits per heavy atom. The molecule has 1 aromatic carbocycles. The van der Waals surface area contributed by atoms with E-state index in [4.69, 9.17) is 4.74 Å². The summed E-state index contributed by atoms with van der Waals surface area (Å²) < 4.78 is 6.05. The van der Waals surface area contributed by atoms with Crippen molar-refractivity contribution < 1.29 is 14.3 Å². The highest BCUT2D eigenvalue weighted by atomic mass is 79.9. The van der Waals surface area contributed by atoms with Gasteiger partial charge >= 0.3 is 6.09 Å². The van der Waals surface area contributed by atoms with Crippen molar-refractivity contribution in [3.05, 3.63) is 51.2 Å². The number of ether oxygens (including phenoxy) is 1. The molecule has 9 heteroatoms. The molecule has 1 aliphatic heterocycles. The fourth-order valence-electron chi connectivity index (χ4n) is 6.58. The van der Waals surface area contributed by atoms with Gasteiger partial charge in [0.25, 0.3) is 0 Å². The number of methoxy groups -OCH3 is 1. The Bertz CT molecular complexity index is 1360. The number of benzene rings is 1. The van der Waals surface area contributed by atoms with E-state index in [-0.39, 0.29) is 17.9 Å². The molecule has 2 aliphatic carbocycles. The van der Waals surface area contributed by atoms with Crippen molar-refractivity contribution >= 4 is 39.3 Å². The fraction of sp³-hybridized carbons (Fsp3) is 0.483. The van der Waals surface area contributed by atoms with Crippen LogP contribution < -0.4 is 5.32 Å². The molecule has 0 radical (unpaired) electrons. The van der Waals surface area contributed by atoms with Gasteiger partial charge in [-0.1, -0.05) is 38.1 Å². The summed E-state index contributed by atoms with van der Waals surface area (Å²) in [6.45, 7) is 4.49. The van der Waals surface area contributed by atoms with Crippen LogP contribution in [0.5, 0.6) is 0 Å². The second-order valence-corrected chi connectivity index (χ2v) is 13.4. The van der Waals surface area contributed by atoms with E-state index >= 15 is 0 Å². The van der Waals surface area contributed by atoms with Crippen LogP contribution in [-0.2, 0) is 9.53 Å². The molecule has 200 valence electrons. The van der Waals surface area contributed by atoms with Gasteiger partial charge in [0.2, 0.25) is 5.91 Å². The number of hydrogen-bond acceptors (Lipinski definition) is 5. The fourth-order valence-corrected chi connectivity index (χ4v) is 8.81. The van der Waals surface area contributed by atoms with Gasteiger partial charge in [-0.15, -0.1) is 11.3 Å². The first-order valence-corrected chi connectivity index (χ1v) is 15.1. The lowest BCUT2D eigenvalue weighted by molar-refractivity contribution is -0.135. The molecule has 2 bridgehead atoms. The zero-order chi connectivity index (χ0) is 26.6. The largest absolute Gasteiger partial charge is 0.453 e. The molecule has 3 aromatic rings. The highest BCUT2D eigenvalue weighted by molar-refractivity contribution is 9.11. The number of aromatic amines is 1. The number of nitrogens with one attached hydrogen (secondary N) is 2. The molecule has 2 aromatic heterocycles. The Labute approximate surface area is 235 Å². The van der Waals surface area contributed by atoms with E-state index in [1.165, 1.54) is 40.6 Å². The summed E-state index contributed by atoms with van der Waals surface area (Å²) in [5, 5.41) is 2.71. The minimum atomic E-state index is -0.640. The summed E-state index contributed by atoms with van der Waals surface area (Å²) in [6.07, 6.45) is 6.96. The molecule has 2 amide bonds. The summed E-state index contributed by atoms with van der Waals surface area (Å²) in [6, 6.07) is 7.98. The normalized spacial score (nSPS) is 22.7. The first-order chi connectivity index (χ1) is 18.4. The van der Waals surface area contributed by atoms with Gasteiger partial charge in [-0.2, -0.15) is 0 Å². The number of nitrogens with zero attached hydrogens (tertiary/aromatic N) is 2. The van der Waals surface area contributed by atoms with Crippen LogP contribution in [-0.4, -0.2) is 46.6 Å². The standard InChI is InChI=1S/C29H33BrN4O3S/c1-15(2)24(33-29(36)37-3)28(35)34-12-4-5-21(34)27-31-14-20(32-27)16-6-8-17(9-7-16)25-22-18-10-11-19(13-18)23(22)26(30)38-25/h6-9,14-15,18-19,21,24H,4-5,10-13H2,1-3H3,(H,31,32)(H,33,36)/t18?,19?,21-,24-/m0/s1. The molecule has 3 aliphatic rings. The third-order valence-corrected chi connectivity index (χ3v) is 10.5. The van der Waals surface area contributed by atoms with Gasteiger partial charge in [0, 0.05) is 11.4 Å². The second-order valence-electron chi connectivity index (χ2n) is 11.0. The average molecular weight is 598 g/mol. The number of halogens is 1. The molecule has 0 spiro atoms. The molecule has 4 atom stereocenters. The van der Waals surface area contributed by atoms with Gasteiger partial charge in [-0.05, 0) is 88.0 Å². The number of carbonyl (C=O) groups excluding carboxylic acids is 2. The number of amides is 2. The van der Waals surface area contributed by atoms with Crippen molar-refractivity contribution in [3.63, 3.8) is 0 Å². The van der Waals surface area contributed by atoms with Crippen LogP contribution in [0.3, 0.4) is 0 Å². The predicted octanol–water partition coefficient (Wildman–Crippen LogP) is 6.98. The van der Waals surface area contributed by atoms with Gasteiger partial charge in [0.1, 0.15) is 11.9 Å². The molecule has 1 saturated heterocycles. The summed E-state index contributed by atoms with van der Waals surface area (Å²) in [4.78, 5) is 36.7. The summed E-state index contributed by atoms with van der Waals surface area (Å²) in [7, 11) is 1.31. The van der Waals surface area contributed by atoms with Gasteiger partial charge in [0.05, 0.1) is 28.8 Å². The van der Waals surface area contributed by atoms with E-state index in [2.05, 4.69) is 55.5 Å². The van der Waals surface area contributed by atoms with Crippen molar-refractivity contribution in [2.45, 2.75) is 69.9 Å². The van der Waals surface area contributed by atoms with E-state index in [9.17, 15) is 9.59 Å². The van der Waals surface area contributed by atoms with Crippen LogP contribution in [0, 0.1) is 5.92 Å². The van der Waals surface area contributed by atoms with Crippen LogP contribution >= 0.6 is 27.3 Å². The van der Waals surface area contributed by atoms with Crippen molar-refractivity contribution in [1.82, 2.24) is 20.2 Å². The van der Waals surface area contributed by atoms with E-state index in [0.717, 1.165) is 41.8 Å². The third-order valence-electron chi connectivity index (χ3n) is 8.48. The summed E-state index contributed by atoms with van der Waals surface area (Å²) in [5.74, 6) is 2.09. The van der Waals surface area contributed by atoms with Crippen molar-refractivity contribution in [2.75, 3.05) is 13.7 Å². The van der Waals surface area contributed by atoms with Gasteiger partial charge in [0.15, 0.2) is 0 Å². The van der Waals surface area contributed by atoms with Crippen molar-refractivity contribution in [3.8, 4) is 21.7 Å². The highest BCUT2D eigenvalue weighted by Gasteiger charge is 2.42. The SMILES string of the molecule is COC(=O)N[C@H](C(=O)N1CCC[C@H]1c1ncc(-c2ccc(-c3sc(Br)c4c3C3CCC4C3)cc2)[nH]1)C(C)C. The summed E-state index contributed by atoms with van der Waals surface area (Å²) >= 11 is 5.73. The molecular weight excluding hydrogens is 564 g/mol. The molecule has 7 nitrogen and oxygen atoms in total. The Morgan fingerprint density at radius 3 is 2.55 bits per heavy atom. The Kier molecular flexibility index (Phi) is 6.84. The summed E-state index contributed by atoms with van der Waals surface area (Å²) in [5.41, 5.74) is 6.45. The molecule has 3 heterocycles. The molecule has 2 unspecified atom stereocenters. The van der Waals surface area contributed by atoms with Crippen molar-refractivity contribution in [2.24, 2.45) is 5.92 Å². The van der Waals surface area contributed by atoms with Crippen LogP contribution in [0.2, 0.25) is 0 Å². The Morgan fingerprint density at radius 1 is 1.13 bits per heavy atom. The average Bonchev–Trinajstić information content (AvgIpc) is 3.74. The van der Waals surface area contributed by atoms with E-state index in [1.54, 1.807) is 11.1 Å². The van der Waals surface area contributed by atoms with Crippen LogP contribution in [0.15, 0.2) is 34.2 Å². The third kappa shape index (κ3) is 4.37. The molecule has 38 heavy (non-hydrogen) atoms. The zero-order valence-corrected chi connectivity index (χ0v) is 24.3. The number of hydrogen-bond donors (Lipinski definition) is 2. The minimum absolute atomic E-state index is 0.0612. The lowest BCUT2D eigenvalue weighted by atomic mass is 9.92. The molecular formula is C29H33BrN4O3S. The number of fused-ring (bicyclic) bond motifs is 5. The predicted molar refractivity (Wildman–Crippen MR) is 152 cm³/mol. The first-order valence-electron chi connectivity index (χ1n) is 13.5. The second kappa shape index (κ2) is 10.2. The van der Waals surface area contributed by atoms with Gasteiger partial charge in [-0.25, -0.2) is 9.78 Å². The number of carbonyl (C=O) groups is 2. The van der Waals surface area contributed by atoms with Crippen LogP contribution in [0.1, 0.15) is 80.8 Å². The smallest absolute Gasteiger partial charge is 0.407 e. The molecule has 1 saturated carbocycles. The maximum absolute atomic E-state index is 13.4. The number of thiophene rings is 1. The number of aromatic nitrogens is 2. The maximum atomic E-state index is 13.4. The number of alkyl carbamates (subject to hydrolysis) is 1. The number of rotatable bonds is 6. The number of imidazole rings is 1. The monoisotopic (exact) mass is 596 g/mol. The van der Waals surface area contributed by atoms with Gasteiger partial charge < -0.3 is 19.9 Å². The van der Waals surface area contributed by atoms with Crippen LogP contribution in [0.4, 0.5) is 4.79 Å². The molecule has 2 fully saturated rings. The van der Waals surface area contributed by atoms with E-state index in [0.29, 0.717) is 6.54 Å². The van der Waals surface area contributed by atoms with E-state index in [1.807, 2.05) is 36.3 Å². The van der Waals surface area contributed by atoms with Crippen LogP contribution in [0.25, 0.3) is 21.7 Å². The first kappa shape index (κ1) is 25.6. The van der Waals surface area contributed by atoms with E-state index < -0.39 is 12.1 Å². The van der Waals surface area contributed by atoms with Crippen molar-refractivity contribution in [1.29, 1.82) is 0 Å². The lowest BCUT2D eigenvalue weighted by Gasteiger charge is -2.30. The topological polar surface area (TPSA) is 87.3 Å². The quantitative estimate of drug-likeness (QED) is 0.321. The molecule has 6 rings (SSSR count). The number of likely N-dealkylation sites (tertiary alicyclic amines) is 1. The minimum Gasteiger partial charge on any atom is -0.453 e. The lowest BCUT2D eigenvalue weighted by Crippen LogP contribution is -2.51. The maximum Gasteiger partial charge on any atom is 0.407 e. The van der Waals surface area contributed by atoms with Gasteiger partial charge in [-0.3, -0.25) is 4.79 Å². The number of H-pyrrole nitrogens is 1. The Hall–Kier alpha value is -2.65. The zero-order valence-electron chi connectivity index (χ0n) is 21.9. The molecule has 2 N–H and O–H groups in total.